The van der Waals surface area contributed by atoms with Crippen molar-refractivity contribution < 1.29 is 9.53 Å². The molecule has 0 aromatic rings. The van der Waals surface area contributed by atoms with Gasteiger partial charge in [-0.3, -0.25) is 9.69 Å². The van der Waals surface area contributed by atoms with Crippen LogP contribution in [0.25, 0.3) is 0 Å². The highest BCUT2D eigenvalue weighted by atomic mass is 16.5. The van der Waals surface area contributed by atoms with E-state index in [4.69, 9.17) is 11.2 Å². The van der Waals surface area contributed by atoms with Crippen LogP contribution >= 0.6 is 0 Å². The molecular weight excluding hydrogens is 204 g/mol. The van der Waals surface area contributed by atoms with Gasteiger partial charge in [0, 0.05) is 13.2 Å². The van der Waals surface area contributed by atoms with Gasteiger partial charge in [-0.15, -0.1) is 6.42 Å². The lowest BCUT2D eigenvalue weighted by atomic mass is 10.0. The average molecular weight is 224 g/mol. The molecule has 0 aromatic carbocycles. The van der Waals surface area contributed by atoms with Gasteiger partial charge in [0.25, 0.3) is 0 Å². The van der Waals surface area contributed by atoms with Crippen molar-refractivity contribution in [2.24, 2.45) is 5.92 Å². The SMILES string of the molecule is C#CCNC(=O)CN(C)CC1CCCOC1. The molecular formula is C12H20N2O2. The number of nitrogens with one attached hydrogen (secondary N) is 1. The molecule has 1 aliphatic rings. The summed E-state index contributed by atoms with van der Waals surface area (Å²) < 4.78 is 5.40. The van der Waals surface area contributed by atoms with Gasteiger partial charge in [-0.2, -0.15) is 0 Å². The second kappa shape index (κ2) is 7.26. The third-order valence-corrected chi connectivity index (χ3v) is 2.63. The van der Waals surface area contributed by atoms with Crippen molar-refractivity contribution in [2.75, 3.05) is 39.9 Å². The van der Waals surface area contributed by atoms with E-state index in [2.05, 4.69) is 11.2 Å². The smallest absolute Gasteiger partial charge is 0.234 e. The summed E-state index contributed by atoms with van der Waals surface area (Å²) in [5.74, 6) is 2.92. The number of likely N-dealkylation sites (N-methyl/N-ethyl adjacent to an activating group) is 1. The van der Waals surface area contributed by atoms with Crippen molar-refractivity contribution in [3.05, 3.63) is 0 Å². The molecule has 0 spiro atoms. The van der Waals surface area contributed by atoms with E-state index in [0.717, 1.165) is 26.2 Å². The Bertz CT molecular complexity index is 254. The van der Waals surface area contributed by atoms with Crippen molar-refractivity contribution in [1.82, 2.24) is 10.2 Å². The normalized spacial score (nSPS) is 20.4. The highest BCUT2D eigenvalue weighted by molar-refractivity contribution is 5.78. The van der Waals surface area contributed by atoms with E-state index in [-0.39, 0.29) is 5.91 Å². The number of amides is 1. The van der Waals surface area contributed by atoms with Crippen molar-refractivity contribution in [3.63, 3.8) is 0 Å². The second-order valence-electron chi connectivity index (χ2n) is 4.26. The molecule has 1 unspecified atom stereocenters. The fourth-order valence-electron chi connectivity index (χ4n) is 1.91. The summed E-state index contributed by atoms with van der Waals surface area (Å²) in [7, 11) is 1.95. The Balaban J connectivity index is 2.16. The number of carbonyl (C=O) groups is 1. The van der Waals surface area contributed by atoms with Crippen LogP contribution in [0.15, 0.2) is 0 Å². The molecule has 0 bridgehead atoms. The molecule has 1 rings (SSSR count). The zero-order chi connectivity index (χ0) is 11.8. The lowest BCUT2D eigenvalue weighted by Crippen LogP contribution is -2.38. The van der Waals surface area contributed by atoms with Crippen LogP contribution < -0.4 is 5.32 Å². The lowest BCUT2D eigenvalue weighted by molar-refractivity contribution is -0.121. The highest BCUT2D eigenvalue weighted by Crippen LogP contribution is 2.13. The third kappa shape index (κ3) is 5.15. The first-order chi connectivity index (χ1) is 7.72. The Morgan fingerprint density at radius 2 is 2.50 bits per heavy atom. The second-order valence-corrected chi connectivity index (χ2v) is 4.26. The fraction of sp³-hybridized carbons (Fsp3) is 0.750. The average Bonchev–Trinajstić information content (AvgIpc) is 2.27. The first kappa shape index (κ1) is 13.0. The Morgan fingerprint density at radius 1 is 1.69 bits per heavy atom. The van der Waals surface area contributed by atoms with E-state index >= 15 is 0 Å². The third-order valence-electron chi connectivity index (χ3n) is 2.63. The van der Waals surface area contributed by atoms with E-state index in [0.29, 0.717) is 19.0 Å². The van der Waals surface area contributed by atoms with Gasteiger partial charge in [-0.25, -0.2) is 0 Å². The molecule has 1 aliphatic heterocycles. The molecule has 1 saturated heterocycles. The molecule has 1 amide bonds. The van der Waals surface area contributed by atoms with Gasteiger partial charge in [0.15, 0.2) is 0 Å². The van der Waals surface area contributed by atoms with Crippen LogP contribution in [0, 0.1) is 18.3 Å². The number of nitrogens with zero attached hydrogens (tertiary/aromatic N) is 1. The monoisotopic (exact) mass is 224 g/mol. The molecule has 0 radical (unpaired) electrons. The van der Waals surface area contributed by atoms with Crippen molar-refractivity contribution in [1.29, 1.82) is 0 Å². The lowest BCUT2D eigenvalue weighted by Gasteiger charge is -2.26. The van der Waals surface area contributed by atoms with Gasteiger partial charge in [0.05, 0.1) is 19.7 Å². The van der Waals surface area contributed by atoms with Crippen LogP contribution in [0.3, 0.4) is 0 Å². The van der Waals surface area contributed by atoms with Gasteiger partial charge in [-0.1, -0.05) is 5.92 Å². The van der Waals surface area contributed by atoms with Gasteiger partial charge in [-0.05, 0) is 25.8 Å². The predicted molar refractivity (Wildman–Crippen MR) is 62.9 cm³/mol. The molecule has 1 heterocycles. The Hall–Kier alpha value is -1.05. The quantitative estimate of drug-likeness (QED) is 0.673. The minimum atomic E-state index is -0.0165. The number of hydrogen-bond donors (Lipinski definition) is 1. The van der Waals surface area contributed by atoms with Gasteiger partial charge in [0.2, 0.25) is 5.91 Å². The number of ether oxygens (including phenoxy) is 1. The molecule has 4 heteroatoms. The Morgan fingerprint density at radius 3 is 3.12 bits per heavy atom. The van der Waals surface area contributed by atoms with Crippen molar-refractivity contribution in [3.8, 4) is 12.3 Å². The summed E-state index contributed by atoms with van der Waals surface area (Å²) in [5, 5.41) is 2.65. The minimum Gasteiger partial charge on any atom is -0.381 e. The van der Waals surface area contributed by atoms with E-state index in [9.17, 15) is 4.79 Å². The van der Waals surface area contributed by atoms with Gasteiger partial charge >= 0.3 is 0 Å². The maximum Gasteiger partial charge on any atom is 0.234 e. The maximum atomic E-state index is 11.4. The van der Waals surface area contributed by atoms with Crippen molar-refractivity contribution in [2.45, 2.75) is 12.8 Å². The fourth-order valence-corrected chi connectivity index (χ4v) is 1.91. The summed E-state index contributed by atoms with van der Waals surface area (Å²) >= 11 is 0. The first-order valence-corrected chi connectivity index (χ1v) is 5.69. The van der Waals surface area contributed by atoms with E-state index in [1.165, 1.54) is 6.42 Å². The standard InChI is InChI=1S/C12H20N2O2/c1-3-6-13-12(15)9-14(2)8-11-5-4-7-16-10-11/h1,11H,4-10H2,2H3,(H,13,15). The zero-order valence-corrected chi connectivity index (χ0v) is 9.87. The maximum absolute atomic E-state index is 11.4. The van der Waals surface area contributed by atoms with Crippen LogP contribution in [-0.4, -0.2) is 50.7 Å². The molecule has 0 saturated carbocycles. The van der Waals surface area contributed by atoms with Crippen LogP contribution in [0.5, 0.6) is 0 Å². The topological polar surface area (TPSA) is 41.6 Å². The number of rotatable bonds is 5. The van der Waals surface area contributed by atoms with Gasteiger partial charge in [0.1, 0.15) is 0 Å². The number of hydrogen-bond acceptors (Lipinski definition) is 3. The molecule has 16 heavy (non-hydrogen) atoms. The van der Waals surface area contributed by atoms with Crippen molar-refractivity contribution >= 4 is 5.91 Å². The molecule has 1 atom stereocenters. The van der Waals surface area contributed by atoms with E-state index in [1.807, 2.05) is 11.9 Å². The minimum absolute atomic E-state index is 0.0165. The highest BCUT2D eigenvalue weighted by Gasteiger charge is 2.16. The molecule has 90 valence electrons. The molecule has 1 N–H and O–H groups in total. The van der Waals surface area contributed by atoms with Gasteiger partial charge < -0.3 is 10.1 Å². The number of terminal acetylenes is 1. The van der Waals surface area contributed by atoms with E-state index < -0.39 is 0 Å². The molecule has 0 aliphatic carbocycles. The molecule has 1 fully saturated rings. The van der Waals surface area contributed by atoms with E-state index in [1.54, 1.807) is 0 Å². The largest absolute Gasteiger partial charge is 0.381 e. The Kier molecular flexibility index (Phi) is 5.91. The summed E-state index contributed by atoms with van der Waals surface area (Å²) in [6.45, 7) is 3.31. The van der Waals surface area contributed by atoms with Crippen LogP contribution in [0.1, 0.15) is 12.8 Å². The summed E-state index contributed by atoms with van der Waals surface area (Å²) in [5.41, 5.74) is 0. The van der Waals surface area contributed by atoms with Crippen LogP contribution in [0.4, 0.5) is 0 Å². The van der Waals surface area contributed by atoms with Crippen LogP contribution in [0.2, 0.25) is 0 Å². The summed E-state index contributed by atoms with van der Waals surface area (Å²) in [6.07, 6.45) is 7.38. The Labute approximate surface area is 97.3 Å². The number of carbonyl (C=O) groups excluding carboxylic acids is 1. The first-order valence-electron chi connectivity index (χ1n) is 5.69. The molecule has 0 aromatic heterocycles. The predicted octanol–water partition coefficient (Wildman–Crippen LogP) is 0.0942. The summed E-state index contributed by atoms with van der Waals surface area (Å²) in [6, 6.07) is 0. The summed E-state index contributed by atoms with van der Waals surface area (Å²) in [4.78, 5) is 13.4. The zero-order valence-electron chi connectivity index (χ0n) is 9.87. The molecule has 4 nitrogen and oxygen atoms in total. The van der Waals surface area contributed by atoms with Crippen LogP contribution in [-0.2, 0) is 9.53 Å².